The zero-order valence-electron chi connectivity index (χ0n) is 8.79. The Morgan fingerprint density at radius 3 is 2.87 bits per heavy atom. The molecule has 0 spiro atoms. The summed E-state index contributed by atoms with van der Waals surface area (Å²) in [7, 11) is 0. The van der Waals surface area contributed by atoms with Gasteiger partial charge < -0.3 is 16.2 Å². The van der Waals surface area contributed by atoms with E-state index in [0.717, 1.165) is 12.0 Å². The van der Waals surface area contributed by atoms with Crippen molar-refractivity contribution in [3.05, 3.63) is 29.3 Å². The molecule has 4 nitrogen and oxygen atoms in total. The van der Waals surface area contributed by atoms with Crippen LogP contribution in [-0.2, 0) is 0 Å². The van der Waals surface area contributed by atoms with E-state index in [1.807, 2.05) is 0 Å². The summed E-state index contributed by atoms with van der Waals surface area (Å²) in [6.45, 7) is 2.93. The number of aryl methyl sites for hydroxylation is 1. The summed E-state index contributed by atoms with van der Waals surface area (Å²) in [5.41, 5.74) is 6.67. The average molecular weight is 208 g/mol. The second kappa shape index (κ2) is 5.36. The summed E-state index contributed by atoms with van der Waals surface area (Å²) in [6.07, 6.45) is 0.767. The maximum absolute atomic E-state index is 11.6. The summed E-state index contributed by atoms with van der Waals surface area (Å²) in [4.78, 5) is 11.6. The first-order valence-corrected chi connectivity index (χ1v) is 4.93. The van der Waals surface area contributed by atoms with E-state index in [4.69, 9.17) is 5.73 Å². The lowest BCUT2D eigenvalue weighted by Crippen LogP contribution is -2.26. The van der Waals surface area contributed by atoms with Gasteiger partial charge in [-0.2, -0.15) is 0 Å². The Labute approximate surface area is 89.1 Å². The van der Waals surface area contributed by atoms with Crippen LogP contribution in [0.15, 0.2) is 18.2 Å². The third-order valence-electron chi connectivity index (χ3n) is 2.12. The molecule has 1 rings (SSSR count). The Hall–Kier alpha value is -1.55. The van der Waals surface area contributed by atoms with Gasteiger partial charge in [-0.1, -0.05) is 0 Å². The van der Waals surface area contributed by atoms with E-state index in [1.54, 1.807) is 19.1 Å². The summed E-state index contributed by atoms with van der Waals surface area (Å²) in [5, 5.41) is 11.9. The number of rotatable bonds is 4. The van der Waals surface area contributed by atoms with Crippen LogP contribution in [0.25, 0.3) is 0 Å². The molecule has 0 fully saturated rings. The highest BCUT2D eigenvalue weighted by Crippen LogP contribution is 2.15. The Bertz CT molecular complexity index is 350. The average Bonchev–Trinajstić information content (AvgIpc) is 2.17. The number of hydrogen-bond acceptors (Lipinski definition) is 3. The van der Waals surface area contributed by atoms with Crippen LogP contribution in [0.5, 0.6) is 5.75 Å². The molecule has 0 saturated carbocycles. The van der Waals surface area contributed by atoms with E-state index >= 15 is 0 Å². The van der Waals surface area contributed by atoms with Gasteiger partial charge in [-0.25, -0.2) is 0 Å². The van der Waals surface area contributed by atoms with Crippen LogP contribution >= 0.6 is 0 Å². The molecular formula is C11H16N2O2. The van der Waals surface area contributed by atoms with Crippen LogP contribution in [0, 0.1) is 6.92 Å². The van der Waals surface area contributed by atoms with Crippen molar-refractivity contribution < 1.29 is 9.90 Å². The van der Waals surface area contributed by atoms with Gasteiger partial charge in [-0.3, -0.25) is 4.79 Å². The lowest BCUT2D eigenvalue weighted by atomic mass is 10.1. The number of hydrogen-bond donors (Lipinski definition) is 3. The Morgan fingerprint density at radius 1 is 1.53 bits per heavy atom. The number of phenols is 1. The minimum absolute atomic E-state index is 0.124. The van der Waals surface area contributed by atoms with Gasteiger partial charge in [0.1, 0.15) is 5.75 Å². The molecule has 0 aliphatic heterocycles. The van der Waals surface area contributed by atoms with Crippen molar-refractivity contribution in [3.63, 3.8) is 0 Å². The molecule has 15 heavy (non-hydrogen) atoms. The highest BCUT2D eigenvalue weighted by molar-refractivity contribution is 5.95. The third kappa shape index (κ3) is 3.25. The summed E-state index contributed by atoms with van der Waals surface area (Å²) in [6, 6.07) is 4.69. The fraction of sp³-hybridized carbons (Fsp3) is 0.364. The van der Waals surface area contributed by atoms with Crippen LogP contribution in [-0.4, -0.2) is 24.1 Å². The molecule has 1 aromatic carbocycles. The van der Waals surface area contributed by atoms with Crippen molar-refractivity contribution >= 4 is 5.91 Å². The molecule has 4 heteroatoms. The summed E-state index contributed by atoms with van der Waals surface area (Å²) in [5.74, 6) is 0.0481. The number of phenolic OH excluding ortho intramolecular Hbond substituents is 1. The number of benzene rings is 1. The van der Waals surface area contributed by atoms with Gasteiger partial charge in [0.05, 0.1) is 0 Å². The molecular weight excluding hydrogens is 192 g/mol. The highest BCUT2D eigenvalue weighted by Gasteiger charge is 2.07. The largest absolute Gasteiger partial charge is 0.508 e. The smallest absolute Gasteiger partial charge is 0.251 e. The molecule has 4 N–H and O–H groups in total. The lowest BCUT2D eigenvalue weighted by Gasteiger charge is -2.07. The standard InChI is InChI=1S/C11H16N2O2/c1-8-7-9(14)3-4-10(8)11(15)13-6-2-5-12/h3-4,7,14H,2,5-6,12H2,1H3,(H,13,15). The lowest BCUT2D eigenvalue weighted by molar-refractivity contribution is 0.0953. The van der Waals surface area contributed by atoms with Crippen LogP contribution in [0.4, 0.5) is 0 Å². The number of aromatic hydroxyl groups is 1. The molecule has 0 unspecified atom stereocenters. The van der Waals surface area contributed by atoms with Crippen molar-refractivity contribution in [2.45, 2.75) is 13.3 Å². The second-order valence-corrected chi connectivity index (χ2v) is 3.40. The Morgan fingerprint density at radius 2 is 2.27 bits per heavy atom. The molecule has 82 valence electrons. The first-order valence-electron chi connectivity index (χ1n) is 4.93. The van der Waals surface area contributed by atoms with Crippen LogP contribution in [0.2, 0.25) is 0 Å². The maximum Gasteiger partial charge on any atom is 0.251 e. The predicted octanol–water partition coefficient (Wildman–Crippen LogP) is 0.779. The quantitative estimate of drug-likeness (QED) is 0.640. The van der Waals surface area contributed by atoms with Crippen molar-refractivity contribution in [3.8, 4) is 5.75 Å². The van der Waals surface area contributed by atoms with E-state index in [0.29, 0.717) is 18.7 Å². The van der Waals surface area contributed by atoms with Crippen molar-refractivity contribution in [1.82, 2.24) is 5.32 Å². The van der Waals surface area contributed by atoms with Gasteiger partial charge in [0.2, 0.25) is 0 Å². The van der Waals surface area contributed by atoms with Crippen molar-refractivity contribution in [2.24, 2.45) is 5.73 Å². The highest BCUT2D eigenvalue weighted by atomic mass is 16.3. The molecule has 0 radical (unpaired) electrons. The second-order valence-electron chi connectivity index (χ2n) is 3.40. The zero-order chi connectivity index (χ0) is 11.3. The SMILES string of the molecule is Cc1cc(O)ccc1C(=O)NCCCN. The zero-order valence-corrected chi connectivity index (χ0v) is 8.79. The molecule has 0 atom stereocenters. The first-order chi connectivity index (χ1) is 7.15. The minimum Gasteiger partial charge on any atom is -0.508 e. The molecule has 0 aliphatic rings. The summed E-state index contributed by atoms with van der Waals surface area (Å²) >= 11 is 0. The van der Waals surface area contributed by atoms with Gasteiger partial charge >= 0.3 is 0 Å². The van der Waals surface area contributed by atoms with Gasteiger partial charge in [0, 0.05) is 12.1 Å². The molecule has 1 aromatic rings. The number of nitrogens with one attached hydrogen (secondary N) is 1. The van der Waals surface area contributed by atoms with Crippen LogP contribution < -0.4 is 11.1 Å². The van der Waals surface area contributed by atoms with Crippen LogP contribution in [0.1, 0.15) is 22.3 Å². The minimum atomic E-state index is -0.124. The Balaban J connectivity index is 2.65. The topological polar surface area (TPSA) is 75.3 Å². The molecule has 0 bridgehead atoms. The molecule has 0 aliphatic carbocycles. The van der Waals surface area contributed by atoms with E-state index in [1.165, 1.54) is 6.07 Å². The molecule has 0 aromatic heterocycles. The predicted molar refractivity (Wildman–Crippen MR) is 58.8 cm³/mol. The number of amides is 1. The van der Waals surface area contributed by atoms with E-state index in [-0.39, 0.29) is 11.7 Å². The monoisotopic (exact) mass is 208 g/mol. The van der Waals surface area contributed by atoms with E-state index in [2.05, 4.69) is 5.32 Å². The van der Waals surface area contributed by atoms with E-state index in [9.17, 15) is 9.90 Å². The van der Waals surface area contributed by atoms with E-state index < -0.39 is 0 Å². The van der Waals surface area contributed by atoms with Crippen molar-refractivity contribution in [2.75, 3.05) is 13.1 Å². The number of carbonyl (C=O) groups excluding carboxylic acids is 1. The molecule has 1 amide bonds. The maximum atomic E-state index is 11.6. The van der Waals surface area contributed by atoms with Crippen LogP contribution in [0.3, 0.4) is 0 Å². The Kier molecular flexibility index (Phi) is 4.12. The van der Waals surface area contributed by atoms with Crippen molar-refractivity contribution in [1.29, 1.82) is 0 Å². The van der Waals surface area contributed by atoms with Gasteiger partial charge in [0.25, 0.3) is 5.91 Å². The third-order valence-corrected chi connectivity index (χ3v) is 2.12. The van der Waals surface area contributed by atoms with Gasteiger partial charge in [-0.15, -0.1) is 0 Å². The summed E-state index contributed by atoms with van der Waals surface area (Å²) < 4.78 is 0. The van der Waals surface area contributed by atoms with Gasteiger partial charge in [-0.05, 0) is 43.7 Å². The fourth-order valence-electron chi connectivity index (χ4n) is 1.30. The van der Waals surface area contributed by atoms with Gasteiger partial charge in [0.15, 0.2) is 0 Å². The molecule has 0 heterocycles. The normalized spacial score (nSPS) is 10.0. The first kappa shape index (κ1) is 11.5. The number of carbonyl (C=O) groups is 1. The number of nitrogens with two attached hydrogens (primary N) is 1. The fourth-order valence-corrected chi connectivity index (χ4v) is 1.30. The molecule has 0 saturated heterocycles.